The third kappa shape index (κ3) is 4.70. The molecule has 1 aromatic heterocycles. The topological polar surface area (TPSA) is 49.8 Å². The molecule has 4 nitrogen and oxygen atoms in total. The molecule has 0 unspecified atom stereocenters. The first-order valence-electron chi connectivity index (χ1n) is 8.23. The number of rotatable bonds is 6. The molecule has 0 amide bonds. The van der Waals surface area contributed by atoms with E-state index in [2.05, 4.69) is 39.7 Å². The highest BCUT2D eigenvalue weighted by atomic mass is 35.5. The zero-order valence-electron chi connectivity index (χ0n) is 14.4. The quantitative estimate of drug-likeness (QED) is 0.657. The van der Waals surface area contributed by atoms with Crippen LogP contribution in [-0.4, -0.2) is 9.97 Å². The van der Waals surface area contributed by atoms with Gasteiger partial charge in [-0.1, -0.05) is 54.1 Å². The lowest BCUT2D eigenvalue weighted by Gasteiger charge is -2.11. The van der Waals surface area contributed by atoms with Crippen LogP contribution in [0.2, 0.25) is 5.02 Å². The van der Waals surface area contributed by atoms with Gasteiger partial charge in [0.25, 0.3) is 0 Å². The van der Waals surface area contributed by atoms with Gasteiger partial charge in [0.2, 0.25) is 5.95 Å². The molecular weight excluding hydrogens is 332 g/mol. The first kappa shape index (κ1) is 17.2. The van der Waals surface area contributed by atoms with Gasteiger partial charge < -0.3 is 10.6 Å². The third-order valence-electron chi connectivity index (χ3n) is 3.97. The van der Waals surface area contributed by atoms with Crippen molar-refractivity contribution in [2.24, 2.45) is 0 Å². The van der Waals surface area contributed by atoms with E-state index in [1.54, 1.807) is 0 Å². The van der Waals surface area contributed by atoms with E-state index in [1.807, 2.05) is 49.4 Å². The van der Waals surface area contributed by atoms with E-state index in [0.29, 0.717) is 12.5 Å². The SMILES string of the molecule is Cc1cc(NCc2ccccc2C)nc(NCc2ccccc2Cl)n1. The van der Waals surface area contributed by atoms with E-state index in [1.165, 1.54) is 11.1 Å². The lowest BCUT2D eigenvalue weighted by atomic mass is 10.1. The number of aryl methyl sites for hydroxylation is 2. The van der Waals surface area contributed by atoms with Gasteiger partial charge in [0.15, 0.2) is 0 Å². The number of aromatic nitrogens is 2. The molecule has 0 bridgehead atoms. The lowest BCUT2D eigenvalue weighted by Crippen LogP contribution is -2.08. The van der Waals surface area contributed by atoms with E-state index < -0.39 is 0 Å². The predicted octanol–water partition coefficient (Wildman–Crippen LogP) is 4.97. The molecule has 3 aromatic rings. The fourth-order valence-corrected chi connectivity index (χ4v) is 2.75. The van der Waals surface area contributed by atoms with Crippen molar-refractivity contribution in [3.8, 4) is 0 Å². The zero-order chi connectivity index (χ0) is 17.6. The minimum Gasteiger partial charge on any atom is -0.366 e. The van der Waals surface area contributed by atoms with Crippen molar-refractivity contribution >= 4 is 23.4 Å². The van der Waals surface area contributed by atoms with E-state index in [-0.39, 0.29) is 0 Å². The van der Waals surface area contributed by atoms with E-state index in [0.717, 1.165) is 28.6 Å². The molecule has 0 aliphatic rings. The first-order valence-corrected chi connectivity index (χ1v) is 8.61. The lowest BCUT2D eigenvalue weighted by molar-refractivity contribution is 1.01. The van der Waals surface area contributed by atoms with Crippen LogP contribution in [0.3, 0.4) is 0 Å². The molecule has 0 fully saturated rings. The van der Waals surface area contributed by atoms with Gasteiger partial charge in [-0.15, -0.1) is 0 Å². The number of nitrogens with one attached hydrogen (secondary N) is 2. The molecule has 0 atom stereocenters. The van der Waals surface area contributed by atoms with Gasteiger partial charge in [-0.3, -0.25) is 0 Å². The number of benzene rings is 2. The molecule has 2 aromatic carbocycles. The third-order valence-corrected chi connectivity index (χ3v) is 4.34. The summed E-state index contributed by atoms with van der Waals surface area (Å²) in [6.07, 6.45) is 0. The molecule has 1 heterocycles. The number of anilines is 2. The molecule has 0 saturated carbocycles. The fourth-order valence-electron chi connectivity index (χ4n) is 2.55. The van der Waals surface area contributed by atoms with Crippen LogP contribution >= 0.6 is 11.6 Å². The highest BCUT2D eigenvalue weighted by Gasteiger charge is 2.05. The Hall–Kier alpha value is -2.59. The second-order valence-electron chi connectivity index (χ2n) is 5.94. The van der Waals surface area contributed by atoms with Crippen LogP contribution in [0, 0.1) is 13.8 Å². The molecule has 2 N–H and O–H groups in total. The number of nitrogens with zero attached hydrogens (tertiary/aromatic N) is 2. The molecule has 0 saturated heterocycles. The Morgan fingerprint density at radius 1 is 0.840 bits per heavy atom. The summed E-state index contributed by atoms with van der Waals surface area (Å²) in [6.45, 7) is 5.38. The summed E-state index contributed by atoms with van der Waals surface area (Å²) in [6, 6.07) is 18.0. The molecule has 0 aliphatic carbocycles. The highest BCUT2D eigenvalue weighted by Crippen LogP contribution is 2.17. The van der Waals surface area contributed by atoms with Crippen molar-refractivity contribution in [3.63, 3.8) is 0 Å². The van der Waals surface area contributed by atoms with Crippen LogP contribution in [0.25, 0.3) is 0 Å². The normalized spacial score (nSPS) is 10.5. The van der Waals surface area contributed by atoms with Crippen molar-refractivity contribution < 1.29 is 0 Å². The van der Waals surface area contributed by atoms with Gasteiger partial charge in [0, 0.05) is 29.9 Å². The Bertz CT molecular complexity index is 796. The monoisotopic (exact) mass is 352 g/mol. The Labute approximate surface area is 153 Å². The molecule has 3 rings (SSSR count). The van der Waals surface area contributed by atoms with E-state index >= 15 is 0 Å². The maximum absolute atomic E-state index is 6.19. The summed E-state index contributed by atoms with van der Waals surface area (Å²) < 4.78 is 0. The van der Waals surface area contributed by atoms with Crippen molar-refractivity contribution in [3.05, 3.63) is 82.0 Å². The van der Waals surface area contributed by atoms with Crippen molar-refractivity contribution in [2.45, 2.75) is 26.9 Å². The molecule has 0 aliphatic heterocycles. The number of halogens is 1. The largest absolute Gasteiger partial charge is 0.366 e. The minimum atomic E-state index is 0.584. The average Bonchev–Trinajstić information content (AvgIpc) is 2.60. The van der Waals surface area contributed by atoms with Crippen LogP contribution in [0.4, 0.5) is 11.8 Å². The Balaban J connectivity index is 1.68. The first-order chi connectivity index (χ1) is 12.1. The van der Waals surface area contributed by atoms with E-state index in [9.17, 15) is 0 Å². The molecule has 0 spiro atoms. The molecule has 128 valence electrons. The molecular formula is C20H21ClN4. The van der Waals surface area contributed by atoms with Crippen LogP contribution in [-0.2, 0) is 13.1 Å². The van der Waals surface area contributed by atoms with Gasteiger partial charge >= 0.3 is 0 Å². The van der Waals surface area contributed by atoms with Crippen LogP contribution in [0.5, 0.6) is 0 Å². The van der Waals surface area contributed by atoms with Crippen LogP contribution in [0.1, 0.15) is 22.4 Å². The van der Waals surface area contributed by atoms with Crippen molar-refractivity contribution in [1.82, 2.24) is 9.97 Å². The van der Waals surface area contributed by atoms with Crippen LogP contribution < -0.4 is 10.6 Å². The highest BCUT2D eigenvalue weighted by molar-refractivity contribution is 6.31. The summed E-state index contributed by atoms with van der Waals surface area (Å²) in [5.74, 6) is 1.39. The molecule has 5 heteroatoms. The van der Waals surface area contributed by atoms with Gasteiger partial charge in [0.05, 0.1) is 0 Å². The minimum absolute atomic E-state index is 0.584. The van der Waals surface area contributed by atoms with Crippen LogP contribution in [0.15, 0.2) is 54.6 Å². The van der Waals surface area contributed by atoms with Gasteiger partial charge in [-0.2, -0.15) is 4.98 Å². The van der Waals surface area contributed by atoms with Gasteiger partial charge in [-0.25, -0.2) is 4.98 Å². The summed E-state index contributed by atoms with van der Waals surface area (Å²) in [7, 11) is 0. The van der Waals surface area contributed by atoms with Gasteiger partial charge in [0.1, 0.15) is 5.82 Å². The Morgan fingerprint density at radius 2 is 1.52 bits per heavy atom. The average molecular weight is 353 g/mol. The van der Waals surface area contributed by atoms with Crippen molar-refractivity contribution in [2.75, 3.05) is 10.6 Å². The number of hydrogen-bond acceptors (Lipinski definition) is 4. The van der Waals surface area contributed by atoms with Gasteiger partial charge in [-0.05, 0) is 36.6 Å². The maximum atomic E-state index is 6.19. The molecule has 25 heavy (non-hydrogen) atoms. The Morgan fingerprint density at radius 3 is 2.28 bits per heavy atom. The second-order valence-corrected chi connectivity index (χ2v) is 6.35. The summed E-state index contributed by atoms with van der Waals surface area (Å²) in [4.78, 5) is 8.99. The maximum Gasteiger partial charge on any atom is 0.225 e. The zero-order valence-corrected chi connectivity index (χ0v) is 15.1. The Kier molecular flexibility index (Phi) is 5.51. The smallest absolute Gasteiger partial charge is 0.225 e. The summed E-state index contributed by atoms with van der Waals surface area (Å²) >= 11 is 6.19. The summed E-state index contributed by atoms with van der Waals surface area (Å²) in [5.41, 5.74) is 4.44. The summed E-state index contributed by atoms with van der Waals surface area (Å²) in [5, 5.41) is 7.36. The fraction of sp³-hybridized carbons (Fsp3) is 0.200. The molecule has 0 radical (unpaired) electrons. The van der Waals surface area contributed by atoms with E-state index in [4.69, 9.17) is 11.6 Å². The predicted molar refractivity (Wildman–Crippen MR) is 104 cm³/mol. The number of hydrogen-bond donors (Lipinski definition) is 2. The second kappa shape index (κ2) is 7.99. The standard InChI is InChI=1S/C20H21ClN4/c1-14-7-3-4-8-16(14)12-22-19-11-15(2)24-20(25-19)23-13-17-9-5-6-10-18(17)21/h3-11H,12-13H2,1-2H3,(H2,22,23,24,25). The van der Waals surface area contributed by atoms with Crippen molar-refractivity contribution in [1.29, 1.82) is 0 Å².